The van der Waals surface area contributed by atoms with Gasteiger partial charge in [0.05, 0.1) is 0 Å². The summed E-state index contributed by atoms with van der Waals surface area (Å²) in [6.07, 6.45) is 11.0. The van der Waals surface area contributed by atoms with Gasteiger partial charge in [-0.3, -0.25) is 0 Å². The van der Waals surface area contributed by atoms with Crippen molar-refractivity contribution in [2.24, 2.45) is 17.8 Å². The van der Waals surface area contributed by atoms with Crippen LogP contribution in [0.3, 0.4) is 0 Å². The van der Waals surface area contributed by atoms with Gasteiger partial charge in [-0.2, -0.15) is 0 Å². The molecule has 0 radical (unpaired) electrons. The summed E-state index contributed by atoms with van der Waals surface area (Å²) in [5, 5.41) is 0. The van der Waals surface area contributed by atoms with Gasteiger partial charge in [0.15, 0.2) is 0 Å². The van der Waals surface area contributed by atoms with Gasteiger partial charge < -0.3 is 0 Å². The first kappa shape index (κ1) is 5.35. The Hall–Kier alpha value is -0.440. The Labute approximate surface area is 56.6 Å². The Morgan fingerprint density at radius 2 is 2.22 bits per heavy atom. The molecule has 0 saturated heterocycles. The van der Waals surface area contributed by atoms with Gasteiger partial charge in [-0.1, -0.05) is 12.8 Å². The molecule has 2 saturated carbocycles. The zero-order valence-corrected chi connectivity index (χ0v) is 5.64. The number of hydrogen-bond acceptors (Lipinski definition) is 0. The van der Waals surface area contributed by atoms with Crippen molar-refractivity contribution in [1.29, 1.82) is 0 Å². The van der Waals surface area contributed by atoms with Crippen molar-refractivity contribution in [2.75, 3.05) is 0 Å². The maximum atomic E-state index is 5.37. The smallest absolute Gasteiger partial charge is 0.0231 e. The van der Waals surface area contributed by atoms with Crippen LogP contribution >= 0.6 is 0 Å². The average Bonchev–Trinajstić information content (AvgIpc) is 2.64. The van der Waals surface area contributed by atoms with Gasteiger partial charge in [0.25, 0.3) is 0 Å². The van der Waals surface area contributed by atoms with Gasteiger partial charge in [0.2, 0.25) is 0 Å². The van der Waals surface area contributed by atoms with Crippen LogP contribution < -0.4 is 0 Å². The summed E-state index contributed by atoms with van der Waals surface area (Å²) in [4.78, 5) is 0. The third-order valence-corrected chi connectivity index (χ3v) is 2.80. The Morgan fingerprint density at radius 1 is 1.33 bits per heavy atom. The van der Waals surface area contributed by atoms with Crippen molar-refractivity contribution >= 4 is 0 Å². The summed E-state index contributed by atoms with van der Waals surface area (Å²) < 4.78 is 0. The highest BCUT2D eigenvalue weighted by molar-refractivity contribution is 5.06. The summed E-state index contributed by atoms with van der Waals surface area (Å²) in [5.74, 6) is 5.54. The first-order valence-electron chi connectivity index (χ1n) is 3.88. The highest BCUT2D eigenvalue weighted by Crippen LogP contribution is 2.52. The largest absolute Gasteiger partial charge is 0.120 e. The summed E-state index contributed by atoms with van der Waals surface area (Å²) >= 11 is 0. The van der Waals surface area contributed by atoms with Crippen molar-refractivity contribution in [1.82, 2.24) is 0 Å². The Morgan fingerprint density at radius 3 is 2.89 bits per heavy atom. The molecule has 9 heavy (non-hydrogen) atoms. The van der Waals surface area contributed by atoms with E-state index in [4.69, 9.17) is 6.42 Å². The van der Waals surface area contributed by atoms with E-state index in [2.05, 4.69) is 5.92 Å². The van der Waals surface area contributed by atoms with Gasteiger partial charge >= 0.3 is 0 Å². The van der Waals surface area contributed by atoms with E-state index < -0.39 is 0 Å². The number of hydrogen-bond donors (Lipinski definition) is 0. The summed E-state index contributed by atoms with van der Waals surface area (Å²) in [6, 6.07) is 0. The molecule has 0 heterocycles. The molecule has 2 fully saturated rings. The highest BCUT2D eigenvalue weighted by Gasteiger charge is 2.44. The minimum atomic E-state index is 0.656. The fourth-order valence-electron chi connectivity index (χ4n) is 2.12. The zero-order valence-electron chi connectivity index (χ0n) is 5.64. The summed E-state index contributed by atoms with van der Waals surface area (Å²) in [5.41, 5.74) is 0. The summed E-state index contributed by atoms with van der Waals surface area (Å²) in [6.45, 7) is 0. The molecule has 0 aliphatic heterocycles. The zero-order chi connectivity index (χ0) is 6.27. The molecule has 0 N–H and O–H groups in total. The first-order valence-corrected chi connectivity index (χ1v) is 3.88. The van der Waals surface area contributed by atoms with E-state index in [1.54, 1.807) is 0 Å². The van der Waals surface area contributed by atoms with E-state index in [-0.39, 0.29) is 0 Å². The maximum absolute atomic E-state index is 5.37. The normalized spacial score (nSPS) is 47.2. The topological polar surface area (TPSA) is 0 Å². The first-order chi connectivity index (χ1) is 4.42. The molecule has 48 valence electrons. The molecule has 3 unspecified atom stereocenters. The lowest BCUT2D eigenvalue weighted by atomic mass is 9.90. The molecule has 0 aromatic rings. The maximum Gasteiger partial charge on any atom is 0.0231 e. The molecule has 2 aliphatic carbocycles. The second-order valence-electron chi connectivity index (χ2n) is 3.36. The Bertz CT molecular complexity index is 152. The lowest BCUT2D eigenvalue weighted by molar-refractivity contribution is 0.407. The van der Waals surface area contributed by atoms with E-state index >= 15 is 0 Å². The lowest BCUT2D eigenvalue weighted by Crippen LogP contribution is -2.06. The van der Waals surface area contributed by atoms with Crippen molar-refractivity contribution in [3.05, 3.63) is 0 Å². The molecule has 0 aromatic carbocycles. The van der Waals surface area contributed by atoms with Crippen LogP contribution in [-0.4, -0.2) is 0 Å². The number of terminal acetylenes is 1. The molecular formula is C9H12. The minimum absolute atomic E-state index is 0.656. The van der Waals surface area contributed by atoms with Gasteiger partial charge in [-0.25, -0.2) is 0 Å². The molecule has 2 rings (SSSR count). The average molecular weight is 120 g/mol. The van der Waals surface area contributed by atoms with Crippen LogP contribution in [0.4, 0.5) is 0 Å². The second-order valence-corrected chi connectivity index (χ2v) is 3.36. The third-order valence-electron chi connectivity index (χ3n) is 2.80. The fraction of sp³-hybridized carbons (Fsp3) is 0.778. The third kappa shape index (κ3) is 0.758. The molecule has 0 nitrogen and oxygen atoms in total. The van der Waals surface area contributed by atoms with Gasteiger partial charge in [0.1, 0.15) is 0 Å². The monoisotopic (exact) mass is 120 g/mol. The molecule has 2 aliphatic rings. The number of fused-ring (bicyclic) bond motifs is 1. The number of rotatable bonds is 0. The van der Waals surface area contributed by atoms with Crippen LogP contribution in [0.5, 0.6) is 0 Å². The fourth-order valence-corrected chi connectivity index (χ4v) is 2.12. The van der Waals surface area contributed by atoms with Crippen molar-refractivity contribution in [3.8, 4) is 12.3 Å². The van der Waals surface area contributed by atoms with Gasteiger partial charge in [-0.15, -0.1) is 12.3 Å². The molecular weight excluding hydrogens is 108 g/mol. The SMILES string of the molecule is C#CC1CCCC2CC12. The second kappa shape index (κ2) is 1.77. The van der Waals surface area contributed by atoms with E-state index in [1.807, 2.05) is 0 Å². The highest BCUT2D eigenvalue weighted by atomic mass is 14.5. The molecule has 3 atom stereocenters. The lowest BCUT2D eigenvalue weighted by Gasteiger charge is -2.14. The minimum Gasteiger partial charge on any atom is -0.120 e. The van der Waals surface area contributed by atoms with Gasteiger partial charge in [-0.05, 0) is 24.7 Å². The molecule has 0 amide bonds. The van der Waals surface area contributed by atoms with Crippen LogP contribution in [0, 0.1) is 30.1 Å². The van der Waals surface area contributed by atoms with E-state index in [9.17, 15) is 0 Å². The van der Waals surface area contributed by atoms with E-state index in [0.717, 1.165) is 11.8 Å². The van der Waals surface area contributed by atoms with Crippen molar-refractivity contribution in [2.45, 2.75) is 25.7 Å². The van der Waals surface area contributed by atoms with Crippen molar-refractivity contribution in [3.63, 3.8) is 0 Å². The Kier molecular flexibility index (Phi) is 1.05. The quantitative estimate of drug-likeness (QED) is 0.429. The summed E-state index contributed by atoms with van der Waals surface area (Å²) in [7, 11) is 0. The predicted octanol–water partition coefficient (Wildman–Crippen LogP) is 2.06. The molecule has 0 heteroatoms. The molecule has 0 bridgehead atoms. The standard InChI is InChI=1S/C9H12/c1-2-7-4-3-5-8-6-9(7)8/h1,7-9H,3-6H2. The van der Waals surface area contributed by atoms with Crippen LogP contribution in [-0.2, 0) is 0 Å². The molecule has 0 aromatic heterocycles. The van der Waals surface area contributed by atoms with Crippen LogP contribution in [0.15, 0.2) is 0 Å². The predicted molar refractivity (Wildman–Crippen MR) is 37.8 cm³/mol. The van der Waals surface area contributed by atoms with Crippen molar-refractivity contribution < 1.29 is 0 Å². The molecule has 0 spiro atoms. The van der Waals surface area contributed by atoms with Crippen LogP contribution in [0.1, 0.15) is 25.7 Å². The van der Waals surface area contributed by atoms with Crippen LogP contribution in [0.2, 0.25) is 0 Å². The van der Waals surface area contributed by atoms with E-state index in [0.29, 0.717) is 5.92 Å². The van der Waals surface area contributed by atoms with Crippen LogP contribution in [0.25, 0.3) is 0 Å². The Balaban J connectivity index is 2.02. The van der Waals surface area contributed by atoms with Gasteiger partial charge in [0, 0.05) is 5.92 Å². The van der Waals surface area contributed by atoms with E-state index in [1.165, 1.54) is 25.7 Å².